The number of benzene rings is 2. The molecule has 5 nitrogen and oxygen atoms in total. The van der Waals surface area contributed by atoms with Crippen LogP contribution in [0.15, 0.2) is 55.0 Å². The predicted molar refractivity (Wildman–Crippen MR) is 102 cm³/mol. The second kappa shape index (κ2) is 7.42. The highest BCUT2D eigenvalue weighted by molar-refractivity contribution is 5.82. The third-order valence-corrected chi connectivity index (χ3v) is 4.90. The van der Waals surface area contributed by atoms with Gasteiger partial charge in [-0.25, -0.2) is 13.8 Å². The number of anilines is 1. The number of halogens is 2. The third kappa shape index (κ3) is 3.74. The second-order valence-electron chi connectivity index (χ2n) is 6.92. The first-order valence-electron chi connectivity index (χ1n) is 9.07. The summed E-state index contributed by atoms with van der Waals surface area (Å²) in [6, 6.07) is 11.7. The molecule has 7 heteroatoms. The van der Waals surface area contributed by atoms with Crippen molar-refractivity contribution >= 4 is 11.6 Å². The van der Waals surface area contributed by atoms with E-state index >= 15 is 0 Å². The van der Waals surface area contributed by atoms with Crippen LogP contribution in [0.3, 0.4) is 0 Å². The van der Waals surface area contributed by atoms with Crippen molar-refractivity contribution < 1.29 is 13.6 Å². The predicted octanol–water partition coefficient (Wildman–Crippen LogP) is 3.31. The summed E-state index contributed by atoms with van der Waals surface area (Å²) in [6.07, 6.45) is 3.72. The fourth-order valence-electron chi connectivity index (χ4n) is 3.35. The SMILES string of the molecule is Cc1cn(-c2ccc(N3CCN(Cc4ccc(F)c(F)c4)C(=O)C3)cc2)cn1. The van der Waals surface area contributed by atoms with Crippen molar-refractivity contribution in [2.45, 2.75) is 13.5 Å². The lowest BCUT2D eigenvalue weighted by molar-refractivity contribution is -0.131. The Morgan fingerprint density at radius 2 is 1.75 bits per heavy atom. The van der Waals surface area contributed by atoms with Crippen molar-refractivity contribution in [1.82, 2.24) is 14.5 Å². The molecule has 28 heavy (non-hydrogen) atoms. The largest absolute Gasteiger partial charge is 0.360 e. The van der Waals surface area contributed by atoms with Crippen LogP contribution >= 0.6 is 0 Å². The molecule has 0 spiro atoms. The van der Waals surface area contributed by atoms with Crippen LogP contribution < -0.4 is 4.90 Å². The minimum atomic E-state index is -0.892. The number of carbonyl (C=O) groups is 1. The van der Waals surface area contributed by atoms with E-state index in [4.69, 9.17) is 0 Å². The van der Waals surface area contributed by atoms with Gasteiger partial charge in [0, 0.05) is 37.2 Å². The molecule has 1 aliphatic rings. The molecule has 3 aromatic rings. The number of hydrogen-bond donors (Lipinski definition) is 0. The Labute approximate surface area is 161 Å². The molecule has 0 unspecified atom stereocenters. The van der Waals surface area contributed by atoms with Crippen LogP contribution in [-0.4, -0.2) is 40.0 Å². The average Bonchev–Trinajstić information content (AvgIpc) is 3.13. The molecule has 1 aliphatic heterocycles. The van der Waals surface area contributed by atoms with Crippen LogP contribution in [-0.2, 0) is 11.3 Å². The maximum absolute atomic E-state index is 13.4. The number of nitrogens with zero attached hydrogens (tertiary/aromatic N) is 4. The lowest BCUT2D eigenvalue weighted by atomic mass is 10.1. The van der Waals surface area contributed by atoms with Crippen molar-refractivity contribution in [2.24, 2.45) is 0 Å². The molecule has 2 aromatic carbocycles. The van der Waals surface area contributed by atoms with Crippen LogP contribution in [0.25, 0.3) is 5.69 Å². The topological polar surface area (TPSA) is 41.4 Å². The molecule has 0 N–H and O–H groups in total. The molecule has 1 saturated heterocycles. The number of imidazole rings is 1. The Morgan fingerprint density at radius 3 is 2.39 bits per heavy atom. The van der Waals surface area contributed by atoms with Crippen LogP contribution in [0.2, 0.25) is 0 Å². The number of rotatable bonds is 4. The number of amides is 1. The molecular formula is C21H20F2N4O. The minimum Gasteiger partial charge on any atom is -0.360 e. The van der Waals surface area contributed by atoms with Crippen molar-refractivity contribution in [2.75, 3.05) is 24.5 Å². The first-order valence-corrected chi connectivity index (χ1v) is 9.07. The van der Waals surface area contributed by atoms with Gasteiger partial charge in [0.25, 0.3) is 0 Å². The Kier molecular flexibility index (Phi) is 4.81. The summed E-state index contributed by atoms with van der Waals surface area (Å²) in [5, 5.41) is 0. The molecule has 144 valence electrons. The molecule has 0 aliphatic carbocycles. The number of aryl methyl sites for hydroxylation is 1. The van der Waals surface area contributed by atoms with Gasteiger partial charge in [0.15, 0.2) is 11.6 Å². The second-order valence-corrected chi connectivity index (χ2v) is 6.92. The van der Waals surface area contributed by atoms with E-state index in [9.17, 15) is 13.6 Å². The molecule has 0 saturated carbocycles. The highest BCUT2D eigenvalue weighted by Crippen LogP contribution is 2.21. The lowest BCUT2D eigenvalue weighted by Crippen LogP contribution is -2.50. The van der Waals surface area contributed by atoms with Gasteiger partial charge >= 0.3 is 0 Å². The highest BCUT2D eigenvalue weighted by Gasteiger charge is 2.24. The molecule has 0 radical (unpaired) electrons. The summed E-state index contributed by atoms with van der Waals surface area (Å²) in [5.74, 6) is -1.81. The van der Waals surface area contributed by atoms with Crippen molar-refractivity contribution in [3.05, 3.63) is 77.9 Å². The van der Waals surface area contributed by atoms with E-state index in [0.29, 0.717) is 18.7 Å². The van der Waals surface area contributed by atoms with E-state index in [0.717, 1.165) is 29.2 Å². The fourth-order valence-corrected chi connectivity index (χ4v) is 3.35. The van der Waals surface area contributed by atoms with Gasteiger partial charge in [-0.3, -0.25) is 4.79 Å². The zero-order valence-corrected chi connectivity index (χ0v) is 15.5. The maximum atomic E-state index is 13.4. The van der Waals surface area contributed by atoms with E-state index < -0.39 is 11.6 Å². The fraction of sp³-hybridized carbons (Fsp3) is 0.238. The van der Waals surface area contributed by atoms with Crippen LogP contribution in [0.5, 0.6) is 0 Å². The summed E-state index contributed by atoms with van der Waals surface area (Å²) in [4.78, 5) is 20.4. The van der Waals surface area contributed by atoms with Gasteiger partial charge in [0.05, 0.1) is 18.6 Å². The Balaban J connectivity index is 1.41. The van der Waals surface area contributed by atoms with Gasteiger partial charge in [-0.15, -0.1) is 0 Å². The van der Waals surface area contributed by atoms with Crippen LogP contribution in [0.1, 0.15) is 11.3 Å². The van der Waals surface area contributed by atoms with E-state index in [-0.39, 0.29) is 19.0 Å². The highest BCUT2D eigenvalue weighted by atomic mass is 19.2. The normalized spacial score (nSPS) is 14.6. The van der Waals surface area contributed by atoms with E-state index in [1.165, 1.54) is 6.07 Å². The molecule has 1 aromatic heterocycles. The zero-order chi connectivity index (χ0) is 19.7. The zero-order valence-electron chi connectivity index (χ0n) is 15.5. The number of carbonyl (C=O) groups excluding carboxylic acids is 1. The van der Waals surface area contributed by atoms with Crippen molar-refractivity contribution in [3.8, 4) is 5.69 Å². The standard InChI is InChI=1S/C21H20F2N4O/c1-15-11-27(14-24-15)18-5-3-17(4-6-18)25-8-9-26(21(28)13-25)12-16-2-7-19(22)20(23)10-16/h2-7,10-11,14H,8-9,12-13H2,1H3. The van der Waals surface area contributed by atoms with E-state index in [1.54, 1.807) is 11.2 Å². The molecule has 1 fully saturated rings. The van der Waals surface area contributed by atoms with Crippen molar-refractivity contribution in [3.63, 3.8) is 0 Å². The maximum Gasteiger partial charge on any atom is 0.242 e. The Morgan fingerprint density at radius 1 is 1.00 bits per heavy atom. The van der Waals surface area contributed by atoms with Crippen molar-refractivity contribution in [1.29, 1.82) is 0 Å². The summed E-state index contributed by atoms with van der Waals surface area (Å²) in [7, 11) is 0. The summed E-state index contributed by atoms with van der Waals surface area (Å²) in [6.45, 7) is 3.69. The van der Waals surface area contributed by atoms with E-state index in [1.807, 2.05) is 46.9 Å². The molecule has 2 heterocycles. The van der Waals surface area contributed by atoms with E-state index in [2.05, 4.69) is 4.98 Å². The quantitative estimate of drug-likeness (QED) is 0.695. The first kappa shape index (κ1) is 18.2. The Bertz CT molecular complexity index is 1000. The smallest absolute Gasteiger partial charge is 0.242 e. The molecular weight excluding hydrogens is 362 g/mol. The average molecular weight is 382 g/mol. The first-order chi connectivity index (χ1) is 13.5. The van der Waals surface area contributed by atoms with Gasteiger partial charge < -0.3 is 14.4 Å². The molecule has 4 rings (SSSR count). The minimum absolute atomic E-state index is 0.0368. The summed E-state index contributed by atoms with van der Waals surface area (Å²) >= 11 is 0. The van der Waals surface area contributed by atoms with Gasteiger partial charge in [-0.1, -0.05) is 6.07 Å². The number of aromatic nitrogens is 2. The third-order valence-electron chi connectivity index (χ3n) is 4.90. The van der Waals surface area contributed by atoms with Crippen LogP contribution in [0, 0.1) is 18.6 Å². The molecule has 1 amide bonds. The lowest BCUT2D eigenvalue weighted by Gasteiger charge is -2.35. The summed E-state index contributed by atoms with van der Waals surface area (Å²) < 4.78 is 28.4. The monoisotopic (exact) mass is 382 g/mol. The molecule has 0 atom stereocenters. The van der Waals surface area contributed by atoms with Crippen LogP contribution in [0.4, 0.5) is 14.5 Å². The van der Waals surface area contributed by atoms with Gasteiger partial charge in [0.1, 0.15) is 0 Å². The number of piperazine rings is 1. The summed E-state index contributed by atoms with van der Waals surface area (Å²) in [5.41, 5.74) is 3.52. The van der Waals surface area contributed by atoms with Gasteiger partial charge in [0.2, 0.25) is 5.91 Å². The molecule has 0 bridgehead atoms. The van der Waals surface area contributed by atoms with Gasteiger partial charge in [-0.2, -0.15) is 0 Å². The number of hydrogen-bond acceptors (Lipinski definition) is 3. The Hall–Kier alpha value is -3.22. The van der Waals surface area contributed by atoms with Gasteiger partial charge in [-0.05, 0) is 48.9 Å².